The molecule has 1 aromatic carbocycles. The van der Waals surface area contributed by atoms with Gasteiger partial charge >= 0.3 is 6.09 Å². The van der Waals surface area contributed by atoms with Gasteiger partial charge in [-0.15, -0.1) is 0 Å². The normalized spacial score (nSPS) is 22.5. The zero-order chi connectivity index (χ0) is 15.7. The second-order valence-corrected chi connectivity index (χ2v) is 7.34. The molecule has 0 radical (unpaired) electrons. The highest BCUT2D eigenvalue weighted by Crippen LogP contribution is 2.41. The number of carbonyl (C=O) groups excluding carboxylic acids is 1. The van der Waals surface area contributed by atoms with E-state index >= 15 is 0 Å². The maximum absolute atomic E-state index is 12.5. The smallest absolute Gasteiger partial charge is 0.410 e. The summed E-state index contributed by atoms with van der Waals surface area (Å²) in [6.45, 7) is 8.03. The zero-order valence-corrected chi connectivity index (χ0v) is 13.8. The number of hydrogen-bond acceptors (Lipinski definition) is 3. The minimum atomic E-state index is -0.456. The van der Waals surface area contributed by atoms with E-state index < -0.39 is 5.60 Å². The summed E-state index contributed by atoms with van der Waals surface area (Å²) < 4.78 is 5.58. The summed E-state index contributed by atoms with van der Waals surface area (Å²) in [6, 6.07) is 8.77. The van der Waals surface area contributed by atoms with Crippen molar-refractivity contribution in [1.82, 2.24) is 10.2 Å². The molecule has 1 unspecified atom stereocenters. The fourth-order valence-electron chi connectivity index (χ4n) is 2.98. The highest BCUT2D eigenvalue weighted by atomic mass is 16.6. The Labute approximate surface area is 132 Å². The lowest BCUT2D eigenvalue weighted by atomic mass is 9.99. The Bertz CT molecular complexity index is 546. The van der Waals surface area contributed by atoms with Crippen LogP contribution in [0.2, 0.25) is 0 Å². The quantitative estimate of drug-likeness (QED) is 0.910. The third kappa shape index (κ3) is 3.61. The summed E-state index contributed by atoms with van der Waals surface area (Å²) in [7, 11) is 0. The van der Waals surface area contributed by atoms with Crippen molar-refractivity contribution in [3.63, 3.8) is 0 Å². The van der Waals surface area contributed by atoms with Gasteiger partial charge in [0.25, 0.3) is 0 Å². The Morgan fingerprint density at radius 3 is 2.68 bits per heavy atom. The number of amides is 1. The van der Waals surface area contributed by atoms with Crippen LogP contribution in [0.3, 0.4) is 0 Å². The van der Waals surface area contributed by atoms with Gasteiger partial charge in [0.05, 0.1) is 6.04 Å². The van der Waals surface area contributed by atoms with Crippen molar-refractivity contribution in [3.05, 3.63) is 35.4 Å². The topological polar surface area (TPSA) is 41.6 Å². The van der Waals surface area contributed by atoms with E-state index in [1.54, 1.807) is 0 Å². The molecular formula is C18H26N2O2. The molecule has 1 aliphatic carbocycles. The molecule has 22 heavy (non-hydrogen) atoms. The summed E-state index contributed by atoms with van der Waals surface area (Å²) >= 11 is 0. The second-order valence-electron chi connectivity index (χ2n) is 7.34. The molecule has 0 spiro atoms. The fourth-order valence-corrected chi connectivity index (χ4v) is 2.98. The number of nitrogens with zero attached hydrogens (tertiary/aromatic N) is 1. The van der Waals surface area contributed by atoms with Gasteiger partial charge in [-0.05, 0) is 50.7 Å². The number of nitrogens with one attached hydrogen (secondary N) is 1. The summed E-state index contributed by atoms with van der Waals surface area (Å²) in [5.41, 5.74) is 2.16. The Balaban J connectivity index is 1.80. The van der Waals surface area contributed by atoms with Gasteiger partial charge in [0.2, 0.25) is 0 Å². The molecule has 1 aromatic rings. The molecule has 4 nitrogen and oxygen atoms in total. The zero-order valence-electron chi connectivity index (χ0n) is 13.8. The number of ether oxygens (including phenoxy) is 1. The Hall–Kier alpha value is -1.55. The van der Waals surface area contributed by atoms with Gasteiger partial charge in [0.1, 0.15) is 5.60 Å². The lowest BCUT2D eigenvalue weighted by Gasteiger charge is -2.37. The van der Waals surface area contributed by atoms with Crippen molar-refractivity contribution in [2.45, 2.75) is 51.2 Å². The molecule has 0 bridgehead atoms. The van der Waals surface area contributed by atoms with Gasteiger partial charge in [-0.2, -0.15) is 0 Å². The lowest BCUT2D eigenvalue weighted by molar-refractivity contribution is 0.0118. The molecule has 1 saturated carbocycles. The molecule has 1 aliphatic heterocycles. The first-order valence-electron chi connectivity index (χ1n) is 8.24. The standard InChI is InChI=1S/C18H26N2O2/c1-18(2,3)22-17(21)20-10-9-19-12-16(20)15-6-4-5-14(11-15)13-7-8-13/h4-6,11,13,16,19H,7-10,12H2,1-3H3. The molecule has 1 amide bonds. The first-order chi connectivity index (χ1) is 10.4. The SMILES string of the molecule is CC(C)(C)OC(=O)N1CCNCC1c1cccc(C2CC2)c1. The Kier molecular flexibility index (Phi) is 4.13. The van der Waals surface area contributed by atoms with E-state index in [2.05, 4.69) is 29.6 Å². The van der Waals surface area contributed by atoms with Gasteiger partial charge in [-0.25, -0.2) is 4.79 Å². The van der Waals surface area contributed by atoms with E-state index in [0.29, 0.717) is 6.54 Å². The van der Waals surface area contributed by atoms with Crippen molar-refractivity contribution in [2.75, 3.05) is 19.6 Å². The number of benzene rings is 1. The van der Waals surface area contributed by atoms with Crippen LogP contribution in [0.25, 0.3) is 0 Å². The number of hydrogen-bond donors (Lipinski definition) is 1. The Morgan fingerprint density at radius 2 is 2.00 bits per heavy atom. The fraction of sp³-hybridized carbons (Fsp3) is 0.611. The third-order valence-corrected chi connectivity index (χ3v) is 4.22. The van der Waals surface area contributed by atoms with E-state index in [9.17, 15) is 4.79 Å². The van der Waals surface area contributed by atoms with Crippen molar-refractivity contribution >= 4 is 6.09 Å². The molecular weight excluding hydrogens is 276 g/mol. The third-order valence-electron chi connectivity index (χ3n) is 4.22. The van der Waals surface area contributed by atoms with Gasteiger partial charge in [-0.1, -0.05) is 24.3 Å². The van der Waals surface area contributed by atoms with Crippen LogP contribution in [0, 0.1) is 0 Å². The van der Waals surface area contributed by atoms with Crippen LogP contribution in [-0.4, -0.2) is 36.2 Å². The van der Waals surface area contributed by atoms with Crippen LogP contribution < -0.4 is 5.32 Å². The van der Waals surface area contributed by atoms with Crippen LogP contribution in [0.1, 0.15) is 56.7 Å². The molecule has 2 aliphatic rings. The van der Waals surface area contributed by atoms with Crippen LogP contribution in [-0.2, 0) is 4.74 Å². The second kappa shape index (κ2) is 5.92. The van der Waals surface area contributed by atoms with Gasteiger partial charge < -0.3 is 10.1 Å². The minimum Gasteiger partial charge on any atom is -0.444 e. The molecule has 1 atom stereocenters. The van der Waals surface area contributed by atoms with Crippen molar-refractivity contribution in [3.8, 4) is 0 Å². The van der Waals surface area contributed by atoms with Gasteiger partial charge in [-0.3, -0.25) is 4.90 Å². The molecule has 3 rings (SSSR count). The molecule has 0 aromatic heterocycles. The number of rotatable bonds is 2. The van der Waals surface area contributed by atoms with E-state index in [4.69, 9.17) is 4.74 Å². The molecule has 1 N–H and O–H groups in total. The number of piperazine rings is 1. The monoisotopic (exact) mass is 302 g/mol. The predicted molar refractivity (Wildman–Crippen MR) is 87.0 cm³/mol. The van der Waals surface area contributed by atoms with Crippen LogP contribution in [0.5, 0.6) is 0 Å². The van der Waals surface area contributed by atoms with Crippen LogP contribution in [0.4, 0.5) is 4.79 Å². The molecule has 1 heterocycles. The first kappa shape index (κ1) is 15.3. The molecule has 4 heteroatoms. The highest BCUT2D eigenvalue weighted by Gasteiger charge is 2.32. The first-order valence-corrected chi connectivity index (χ1v) is 8.24. The van der Waals surface area contributed by atoms with Crippen molar-refractivity contribution in [2.24, 2.45) is 0 Å². The van der Waals surface area contributed by atoms with E-state index in [1.807, 2.05) is 25.7 Å². The minimum absolute atomic E-state index is 0.0577. The van der Waals surface area contributed by atoms with Gasteiger partial charge in [0.15, 0.2) is 0 Å². The van der Waals surface area contributed by atoms with Crippen molar-refractivity contribution < 1.29 is 9.53 Å². The van der Waals surface area contributed by atoms with Crippen LogP contribution >= 0.6 is 0 Å². The summed E-state index contributed by atoms with van der Waals surface area (Å²) in [4.78, 5) is 14.4. The molecule has 2 fully saturated rings. The predicted octanol–water partition coefficient (Wildman–Crippen LogP) is 3.45. The average molecular weight is 302 g/mol. The van der Waals surface area contributed by atoms with Gasteiger partial charge in [0, 0.05) is 19.6 Å². The lowest BCUT2D eigenvalue weighted by Crippen LogP contribution is -2.50. The summed E-state index contributed by atoms with van der Waals surface area (Å²) in [5, 5.41) is 3.40. The van der Waals surface area contributed by atoms with E-state index in [0.717, 1.165) is 19.0 Å². The Morgan fingerprint density at radius 1 is 1.27 bits per heavy atom. The van der Waals surface area contributed by atoms with Crippen molar-refractivity contribution in [1.29, 1.82) is 0 Å². The maximum atomic E-state index is 12.5. The van der Waals surface area contributed by atoms with E-state index in [-0.39, 0.29) is 12.1 Å². The molecule has 1 saturated heterocycles. The maximum Gasteiger partial charge on any atom is 0.410 e. The van der Waals surface area contributed by atoms with E-state index in [1.165, 1.54) is 24.0 Å². The number of carbonyl (C=O) groups is 1. The molecule has 120 valence electrons. The summed E-state index contributed by atoms with van der Waals surface area (Å²) in [5.74, 6) is 0.728. The van der Waals surface area contributed by atoms with Crippen LogP contribution in [0.15, 0.2) is 24.3 Å². The highest BCUT2D eigenvalue weighted by molar-refractivity contribution is 5.69. The average Bonchev–Trinajstić information content (AvgIpc) is 3.30. The summed E-state index contributed by atoms with van der Waals surface area (Å²) in [6.07, 6.45) is 2.38. The largest absolute Gasteiger partial charge is 0.444 e.